The van der Waals surface area contributed by atoms with E-state index < -0.39 is 42.1 Å². The van der Waals surface area contributed by atoms with Crippen LogP contribution in [0.1, 0.15) is 86.5 Å². The number of ether oxygens (including phenoxy) is 4. The molecular weight excluding hydrogens is 923 g/mol. The topological polar surface area (TPSA) is 217 Å². The molecule has 5 aromatic rings. The number of nitrogens with zero attached hydrogens (tertiary/aromatic N) is 6. The Balaban J connectivity index is 0.895. The number of urea groups is 1. The quantitative estimate of drug-likeness (QED) is 0.112. The third-order valence-electron chi connectivity index (χ3n) is 14.1. The maximum Gasteiger partial charge on any atom is 0.407 e. The lowest BCUT2D eigenvalue weighted by Gasteiger charge is -2.30. The van der Waals surface area contributed by atoms with Gasteiger partial charge in [0, 0.05) is 41.9 Å². The summed E-state index contributed by atoms with van der Waals surface area (Å²) in [5, 5.41) is 5.29. The Labute approximate surface area is 407 Å². The fourth-order valence-electron chi connectivity index (χ4n) is 10.3. The maximum absolute atomic E-state index is 16.5. The molecule has 3 aromatic carbocycles. The summed E-state index contributed by atoms with van der Waals surface area (Å²) < 4.78 is 53.7. The number of amides is 6. The van der Waals surface area contributed by atoms with Crippen LogP contribution in [-0.4, -0.2) is 122 Å². The fourth-order valence-corrected chi connectivity index (χ4v) is 10.3. The number of carbonyl (C=O) groups excluding carboxylic acids is 5. The molecule has 2 saturated heterocycles. The minimum atomic E-state index is -3.35. The van der Waals surface area contributed by atoms with Gasteiger partial charge in [-0.25, -0.2) is 24.4 Å². The highest BCUT2D eigenvalue weighted by atomic mass is 19.3. The first-order chi connectivity index (χ1) is 34.0. The Hall–Kier alpha value is -7.71. The van der Waals surface area contributed by atoms with Gasteiger partial charge in [-0.15, -0.1) is 0 Å². The van der Waals surface area contributed by atoms with E-state index in [4.69, 9.17) is 18.9 Å². The number of aromatic amines is 2. The number of benzene rings is 3. The number of alkyl halides is 2. The molecule has 21 heteroatoms. The second-order valence-corrected chi connectivity index (χ2v) is 19.2. The van der Waals surface area contributed by atoms with E-state index in [1.807, 2.05) is 26.0 Å². The van der Waals surface area contributed by atoms with Crippen molar-refractivity contribution in [1.29, 1.82) is 0 Å². The molecule has 6 amide bonds. The third kappa shape index (κ3) is 8.39. The Morgan fingerprint density at radius 3 is 1.87 bits per heavy atom. The van der Waals surface area contributed by atoms with E-state index in [0.717, 1.165) is 17.5 Å². The van der Waals surface area contributed by atoms with Crippen LogP contribution in [0.25, 0.3) is 33.6 Å². The smallest absolute Gasteiger partial charge is 0.407 e. The number of fused-ring (bicyclic) bond motifs is 5. The number of likely N-dealkylation sites (tertiary alicyclic amines) is 1. The predicted molar refractivity (Wildman–Crippen MR) is 250 cm³/mol. The lowest BCUT2D eigenvalue weighted by Crippen LogP contribution is -2.52. The number of halogens is 2. The average Bonchev–Trinajstić information content (AvgIpc) is 4.23. The van der Waals surface area contributed by atoms with Crippen molar-refractivity contribution in [2.45, 2.75) is 83.7 Å². The SMILES string of the molecule is COC(=O)N[C@H](C(=O)N1CCCC1c1ncc(-c2ccc3c(c2)-c2ccc(-c4cnc(C5CN(C(=O)N6Cc7cc8c(cc7C6)OCO8)CN5C(=O)[C@@H](NC(=O)OC)C(C)C)[nH]4)cc2C3(F)F)[nH]1)C(C)C. The largest absolute Gasteiger partial charge is 0.454 e. The average molecular weight is 977 g/mol. The highest BCUT2D eigenvalue weighted by Gasteiger charge is 2.46. The lowest BCUT2D eigenvalue weighted by atomic mass is 10.0. The molecule has 19 nitrogen and oxygen atoms in total. The van der Waals surface area contributed by atoms with Gasteiger partial charge in [0.15, 0.2) is 11.5 Å². The number of hydrogen-bond donors (Lipinski definition) is 4. The normalized spacial score (nSPS) is 19.2. The van der Waals surface area contributed by atoms with E-state index in [1.54, 1.807) is 59.0 Å². The molecular formula is C50H54F2N10O9. The van der Waals surface area contributed by atoms with Crippen LogP contribution < -0.4 is 20.1 Å². The number of hydrogen-bond acceptors (Lipinski definition) is 11. The van der Waals surface area contributed by atoms with Gasteiger partial charge in [0.2, 0.25) is 18.6 Å². The second-order valence-electron chi connectivity index (χ2n) is 19.2. The van der Waals surface area contributed by atoms with Crippen molar-refractivity contribution in [3.63, 3.8) is 0 Å². The molecule has 4 N–H and O–H groups in total. The summed E-state index contributed by atoms with van der Waals surface area (Å²) in [7, 11) is 2.45. The number of imidazole rings is 2. The highest BCUT2D eigenvalue weighted by Crippen LogP contribution is 2.53. The number of carbonyl (C=O) groups is 5. The van der Waals surface area contributed by atoms with Crippen molar-refractivity contribution < 1.29 is 51.7 Å². The van der Waals surface area contributed by atoms with E-state index in [0.29, 0.717) is 82.8 Å². The third-order valence-corrected chi connectivity index (χ3v) is 14.1. The highest BCUT2D eigenvalue weighted by molar-refractivity contribution is 5.89. The number of alkyl carbamates (subject to hydrolysis) is 2. The molecule has 2 fully saturated rings. The van der Waals surface area contributed by atoms with Crippen molar-refractivity contribution in [1.82, 2.24) is 50.2 Å². The summed E-state index contributed by atoms with van der Waals surface area (Å²) >= 11 is 0. The van der Waals surface area contributed by atoms with Gasteiger partial charge in [-0.05, 0) is 71.2 Å². The van der Waals surface area contributed by atoms with Crippen LogP contribution in [0.4, 0.5) is 23.2 Å². The van der Waals surface area contributed by atoms with Crippen LogP contribution in [0.5, 0.6) is 11.5 Å². The number of methoxy groups -OCH3 is 2. The van der Waals surface area contributed by atoms with Crippen LogP contribution in [0, 0.1) is 11.8 Å². The molecule has 4 aliphatic heterocycles. The van der Waals surface area contributed by atoms with Crippen LogP contribution >= 0.6 is 0 Å². The molecule has 71 heavy (non-hydrogen) atoms. The number of nitrogens with one attached hydrogen (secondary N) is 4. The minimum absolute atomic E-state index is 0.0536. The molecule has 0 radical (unpaired) electrons. The van der Waals surface area contributed by atoms with Gasteiger partial charge in [-0.3, -0.25) is 9.59 Å². The first kappa shape index (κ1) is 47.0. The van der Waals surface area contributed by atoms with E-state index >= 15 is 8.78 Å². The number of rotatable bonds is 10. The second kappa shape index (κ2) is 18.2. The zero-order chi connectivity index (χ0) is 50.0. The van der Waals surface area contributed by atoms with Crippen molar-refractivity contribution in [2.24, 2.45) is 11.8 Å². The van der Waals surface area contributed by atoms with E-state index in [1.165, 1.54) is 37.4 Å². The van der Waals surface area contributed by atoms with Gasteiger partial charge < -0.3 is 59.1 Å². The van der Waals surface area contributed by atoms with Crippen LogP contribution in [0.3, 0.4) is 0 Å². The van der Waals surface area contributed by atoms with Crippen LogP contribution in [-0.2, 0) is 38.1 Å². The molecule has 2 unspecified atom stereocenters. The fraction of sp³-hybridized carbons (Fsp3) is 0.420. The van der Waals surface area contributed by atoms with Gasteiger partial charge in [0.05, 0.1) is 57.3 Å². The molecule has 372 valence electrons. The Bertz CT molecular complexity index is 2920. The van der Waals surface area contributed by atoms with E-state index in [9.17, 15) is 24.0 Å². The zero-order valence-electron chi connectivity index (χ0n) is 40.0. The summed E-state index contributed by atoms with van der Waals surface area (Å²) in [5.41, 5.74) is 4.28. The van der Waals surface area contributed by atoms with Gasteiger partial charge in [-0.2, -0.15) is 8.78 Å². The first-order valence-electron chi connectivity index (χ1n) is 23.6. The zero-order valence-corrected chi connectivity index (χ0v) is 40.0. The first-order valence-corrected chi connectivity index (χ1v) is 23.6. The van der Waals surface area contributed by atoms with Crippen LogP contribution in [0.15, 0.2) is 60.9 Å². The summed E-state index contributed by atoms with van der Waals surface area (Å²) in [4.78, 5) is 89.1. The monoisotopic (exact) mass is 976 g/mol. The van der Waals surface area contributed by atoms with E-state index in [-0.39, 0.29) is 60.9 Å². The van der Waals surface area contributed by atoms with Crippen molar-refractivity contribution in [3.8, 4) is 45.1 Å². The Kier molecular flexibility index (Phi) is 12.1. The van der Waals surface area contributed by atoms with Gasteiger partial charge >= 0.3 is 18.2 Å². The summed E-state index contributed by atoms with van der Waals surface area (Å²) in [6.07, 6.45) is 3.05. The summed E-state index contributed by atoms with van der Waals surface area (Å²) in [6.45, 7) is 8.46. The standard InChI is InChI=1S/C50H54F2N10O9/c1-25(2)41(57-47(65)68-5)45(63)61-13-7-8-37(61)43-53-18-35(55-43)27-10-12-33-32(14-27)31-11-9-28(15-34(31)50(33,51)52)36-19-54-44(56-36)38-22-60(23-62(38)46(64)42(26(3)4)58-48(66)69-6)49(67)59-20-29-16-39-40(71-24-70-39)17-30(29)21-59/h9-12,14-19,25-26,37-38,41-42H,7-8,13,20-24H2,1-6H3,(H,53,55)(H,54,56)(H,57,65)(H,58,66)/t37?,38?,41-,42-/m0/s1. The van der Waals surface area contributed by atoms with Crippen molar-refractivity contribution >= 4 is 30.0 Å². The molecule has 0 saturated carbocycles. The Morgan fingerprint density at radius 1 is 0.718 bits per heavy atom. The molecule has 0 bridgehead atoms. The molecule has 5 aliphatic rings. The summed E-state index contributed by atoms with van der Waals surface area (Å²) in [6, 6.07) is 10.0. The van der Waals surface area contributed by atoms with Gasteiger partial charge in [-0.1, -0.05) is 52.0 Å². The minimum Gasteiger partial charge on any atom is -0.454 e. The molecule has 10 rings (SSSR count). The number of aromatic nitrogens is 4. The Morgan fingerprint density at radius 2 is 1.28 bits per heavy atom. The van der Waals surface area contributed by atoms with Gasteiger partial charge in [0.1, 0.15) is 29.8 Å². The molecule has 6 heterocycles. The molecule has 4 atom stereocenters. The predicted octanol–water partition coefficient (Wildman–Crippen LogP) is 7.02. The number of H-pyrrole nitrogens is 2. The van der Waals surface area contributed by atoms with Crippen molar-refractivity contribution in [3.05, 3.63) is 94.8 Å². The summed E-state index contributed by atoms with van der Waals surface area (Å²) in [5.74, 6) is -2.50. The molecule has 2 aromatic heterocycles. The van der Waals surface area contributed by atoms with Gasteiger partial charge in [0.25, 0.3) is 5.92 Å². The maximum atomic E-state index is 16.5. The molecule has 0 spiro atoms. The molecule has 1 aliphatic carbocycles. The van der Waals surface area contributed by atoms with E-state index in [2.05, 4.69) is 30.6 Å². The lowest BCUT2D eigenvalue weighted by molar-refractivity contribution is -0.136. The van der Waals surface area contributed by atoms with Crippen LogP contribution in [0.2, 0.25) is 0 Å². The van der Waals surface area contributed by atoms with Crippen molar-refractivity contribution in [2.75, 3.05) is 40.8 Å².